The van der Waals surface area contributed by atoms with Crippen LogP contribution < -0.4 is 0 Å². The highest BCUT2D eigenvalue weighted by molar-refractivity contribution is 6.08. The molecule has 0 radical (unpaired) electrons. The summed E-state index contributed by atoms with van der Waals surface area (Å²) in [6.07, 6.45) is 2.29. The van der Waals surface area contributed by atoms with Crippen molar-refractivity contribution in [2.75, 3.05) is 0 Å². The molecule has 4 heteroatoms. The van der Waals surface area contributed by atoms with Crippen molar-refractivity contribution >= 4 is 5.78 Å². The third kappa shape index (κ3) is 2.11. The minimum atomic E-state index is -0.576. The predicted molar refractivity (Wildman–Crippen MR) is 54.0 cm³/mol. The average molecular weight is 219 g/mol. The van der Waals surface area contributed by atoms with Gasteiger partial charge < -0.3 is 0 Å². The summed E-state index contributed by atoms with van der Waals surface area (Å²) >= 11 is 0. The van der Waals surface area contributed by atoms with Gasteiger partial charge in [-0.1, -0.05) is 0 Å². The molecule has 0 bridgehead atoms. The first kappa shape index (κ1) is 10.4. The van der Waals surface area contributed by atoms with E-state index >= 15 is 0 Å². The molecule has 0 N–H and O–H groups in total. The van der Waals surface area contributed by atoms with Gasteiger partial charge in [-0.15, -0.1) is 0 Å². The number of hydrogen-bond acceptors (Lipinski definition) is 2. The molecule has 0 saturated heterocycles. The maximum Gasteiger partial charge on any atom is 0.194 e. The summed E-state index contributed by atoms with van der Waals surface area (Å²) in [5, 5.41) is 0. The SMILES string of the molecule is O=C(c1ccc(F)cc1)c1cncc(F)c1. The second-order valence-corrected chi connectivity index (χ2v) is 3.23. The summed E-state index contributed by atoms with van der Waals surface area (Å²) in [6, 6.07) is 6.16. The smallest absolute Gasteiger partial charge is 0.194 e. The van der Waals surface area contributed by atoms with Gasteiger partial charge >= 0.3 is 0 Å². The van der Waals surface area contributed by atoms with Crippen molar-refractivity contribution in [2.24, 2.45) is 0 Å². The van der Waals surface area contributed by atoms with E-state index in [9.17, 15) is 13.6 Å². The molecule has 0 aliphatic rings. The first-order valence-electron chi connectivity index (χ1n) is 4.57. The van der Waals surface area contributed by atoms with Gasteiger partial charge in [0.1, 0.15) is 11.6 Å². The Hall–Kier alpha value is -2.10. The van der Waals surface area contributed by atoms with Gasteiger partial charge in [0.05, 0.1) is 6.20 Å². The van der Waals surface area contributed by atoms with Gasteiger partial charge in [-0.3, -0.25) is 9.78 Å². The molecule has 2 aromatic rings. The fraction of sp³-hybridized carbons (Fsp3) is 0. The van der Waals surface area contributed by atoms with Gasteiger partial charge in [0, 0.05) is 17.3 Å². The molecular weight excluding hydrogens is 212 g/mol. The quantitative estimate of drug-likeness (QED) is 0.726. The third-order valence-electron chi connectivity index (χ3n) is 2.07. The van der Waals surface area contributed by atoms with Crippen LogP contribution in [0.2, 0.25) is 0 Å². The number of benzene rings is 1. The van der Waals surface area contributed by atoms with Gasteiger partial charge in [0.15, 0.2) is 5.78 Å². The average Bonchev–Trinajstić information content (AvgIpc) is 2.29. The minimum Gasteiger partial charge on any atom is -0.289 e. The lowest BCUT2D eigenvalue weighted by Gasteiger charge is -2.00. The minimum absolute atomic E-state index is 0.145. The number of rotatable bonds is 2. The van der Waals surface area contributed by atoms with E-state index in [0.29, 0.717) is 5.56 Å². The lowest BCUT2D eigenvalue weighted by molar-refractivity contribution is 0.103. The molecule has 16 heavy (non-hydrogen) atoms. The van der Waals surface area contributed by atoms with Gasteiger partial charge in [0.25, 0.3) is 0 Å². The van der Waals surface area contributed by atoms with Crippen LogP contribution in [0.4, 0.5) is 8.78 Å². The van der Waals surface area contributed by atoms with Gasteiger partial charge in [-0.05, 0) is 30.3 Å². The Bertz CT molecular complexity index is 523. The van der Waals surface area contributed by atoms with Crippen molar-refractivity contribution in [3.63, 3.8) is 0 Å². The van der Waals surface area contributed by atoms with Crippen LogP contribution in [0.5, 0.6) is 0 Å². The summed E-state index contributed by atoms with van der Waals surface area (Å²) in [4.78, 5) is 15.4. The number of pyridine rings is 1. The molecule has 1 heterocycles. The zero-order valence-electron chi connectivity index (χ0n) is 8.15. The highest BCUT2D eigenvalue weighted by Gasteiger charge is 2.09. The van der Waals surface area contributed by atoms with Crippen LogP contribution in [0, 0.1) is 11.6 Å². The van der Waals surface area contributed by atoms with Crippen molar-refractivity contribution in [3.05, 3.63) is 65.5 Å². The second kappa shape index (κ2) is 4.18. The molecule has 1 aromatic carbocycles. The van der Waals surface area contributed by atoms with Gasteiger partial charge in [0.2, 0.25) is 0 Å². The van der Waals surface area contributed by atoms with Crippen LogP contribution in [0.1, 0.15) is 15.9 Å². The number of carbonyl (C=O) groups is 1. The number of aromatic nitrogens is 1. The third-order valence-corrected chi connectivity index (χ3v) is 2.07. The molecule has 0 fully saturated rings. The maximum absolute atomic E-state index is 12.8. The number of nitrogens with zero attached hydrogens (tertiary/aromatic N) is 1. The molecule has 2 nitrogen and oxygen atoms in total. The maximum atomic E-state index is 12.8. The standard InChI is InChI=1S/C12H7F2NO/c13-10-3-1-8(2-4-10)12(16)9-5-11(14)7-15-6-9/h1-7H. The molecular formula is C12H7F2NO. The molecule has 0 aliphatic carbocycles. The highest BCUT2D eigenvalue weighted by atomic mass is 19.1. The Labute approximate surface area is 90.6 Å². The molecule has 1 aromatic heterocycles. The normalized spacial score (nSPS) is 10.1. The number of halogens is 2. The Morgan fingerprint density at radius 1 is 0.938 bits per heavy atom. The van der Waals surface area contributed by atoms with E-state index in [1.165, 1.54) is 30.5 Å². The van der Waals surface area contributed by atoms with Crippen molar-refractivity contribution < 1.29 is 13.6 Å². The van der Waals surface area contributed by atoms with Crippen molar-refractivity contribution in [3.8, 4) is 0 Å². The fourth-order valence-corrected chi connectivity index (χ4v) is 1.30. The number of carbonyl (C=O) groups excluding carboxylic acids is 1. The zero-order chi connectivity index (χ0) is 11.5. The first-order chi connectivity index (χ1) is 7.66. The fourth-order valence-electron chi connectivity index (χ4n) is 1.30. The van der Waals surface area contributed by atoms with Crippen LogP contribution in [-0.4, -0.2) is 10.8 Å². The molecule has 0 amide bonds. The Morgan fingerprint density at radius 3 is 2.25 bits per heavy atom. The molecule has 80 valence electrons. The summed E-state index contributed by atoms with van der Waals surface area (Å²) in [7, 11) is 0. The van der Waals surface area contributed by atoms with Gasteiger partial charge in [-0.25, -0.2) is 8.78 Å². The van der Waals surface area contributed by atoms with Crippen molar-refractivity contribution in [1.29, 1.82) is 0 Å². The summed E-state index contributed by atoms with van der Waals surface area (Å²) in [5.41, 5.74) is 0.445. The Morgan fingerprint density at radius 2 is 1.62 bits per heavy atom. The van der Waals surface area contributed by atoms with Gasteiger partial charge in [-0.2, -0.15) is 0 Å². The molecule has 0 saturated carbocycles. The largest absolute Gasteiger partial charge is 0.289 e. The summed E-state index contributed by atoms with van der Waals surface area (Å²) < 4.78 is 25.5. The lowest BCUT2D eigenvalue weighted by Crippen LogP contribution is -2.02. The molecule has 0 atom stereocenters. The lowest BCUT2D eigenvalue weighted by atomic mass is 10.1. The van der Waals surface area contributed by atoms with E-state index in [0.717, 1.165) is 12.3 Å². The predicted octanol–water partition coefficient (Wildman–Crippen LogP) is 2.59. The Kier molecular flexibility index (Phi) is 2.72. The van der Waals surface area contributed by atoms with Crippen molar-refractivity contribution in [2.45, 2.75) is 0 Å². The molecule has 0 aliphatic heterocycles. The Balaban J connectivity index is 2.35. The summed E-state index contributed by atoms with van der Waals surface area (Å²) in [5.74, 6) is -1.38. The van der Waals surface area contributed by atoms with Crippen LogP contribution in [0.25, 0.3) is 0 Å². The number of ketones is 1. The zero-order valence-corrected chi connectivity index (χ0v) is 8.15. The monoisotopic (exact) mass is 219 g/mol. The van der Waals surface area contributed by atoms with E-state index < -0.39 is 11.6 Å². The van der Waals surface area contributed by atoms with Crippen LogP contribution in [0.15, 0.2) is 42.7 Å². The topological polar surface area (TPSA) is 30.0 Å². The van der Waals surface area contributed by atoms with Crippen molar-refractivity contribution in [1.82, 2.24) is 4.98 Å². The van der Waals surface area contributed by atoms with Crippen LogP contribution in [-0.2, 0) is 0 Å². The molecule has 2 rings (SSSR count). The highest BCUT2D eigenvalue weighted by Crippen LogP contribution is 2.10. The summed E-state index contributed by atoms with van der Waals surface area (Å²) in [6.45, 7) is 0. The second-order valence-electron chi connectivity index (χ2n) is 3.23. The van der Waals surface area contributed by atoms with Crippen LogP contribution >= 0.6 is 0 Å². The van der Waals surface area contributed by atoms with E-state index in [2.05, 4.69) is 4.98 Å². The first-order valence-corrected chi connectivity index (χ1v) is 4.57. The van der Waals surface area contributed by atoms with E-state index in [4.69, 9.17) is 0 Å². The number of hydrogen-bond donors (Lipinski definition) is 0. The van der Waals surface area contributed by atoms with E-state index in [1.807, 2.05) is 0 Å². The van der Waals surface area contributed by atoms with E-state index in [-0.39, 0.29) is 11.3 Å². The molecule has 0 spiro atoms. The van der Waals surface area contributed by atoms with Crippen LogP contribution in [0.3, 0.4) is 0 Å². The molecule has 0 unspecified atom stereocenters. The van der Waals surface area contributed by atoms with E-state index in [1.54, 1.807) is 0 Å².